The molecule has 1 fully saturated rings. The molecule has 17 heavy (non-hydrogen) atoms. The Bertz CT molecular complexity index is 344. The van der Waals surface area contributed by atoms with E-state index in [9.17, 15) is 0 Å². The molecular weight excluding hydrogens is 232 g/mol. The number of anilines is 1. The van der Waals surface area contributed by atoms with Crippen molar-refractivity contribution in [3.05, 3.63) is 5.82 Å². The van der Waals surface area contributed by atoms with Crippen LogP contribution in [0.5, 0.6) is 0 Å². The maximum absolute atomic E-state index is 5.95. The zero-order valence-corrected chi connectivity index (χ0v) is 11.4. The third-order valence-corrected chi connectivity index (χ3v) is 4.18. The molecule has 0 radical (unpaired) electrons. The summed E-state index contributed by atoms with van der Waals surface area (Å²) in [6, 6.07) is 0. The van der Waals surface area contributed by atoms with Crippen LogP contribution in [0.3, 0.4) is 0 Å². The van der Waals surface area contributed by atoms with E-state index in [1.54, 1.807) is 0 Å². The highest BCUT2D eigenvalue weighted by atomic mass is 32.1. The third kappa shape index (κ3) is 3.16. The minimum atomic E-state index is 0.0707. The summed E-state index contributed by atoms with van der Waals surface area (Å²) in [5.74, 6) is 0.961. The van der Waals surface area contributed by atoms with Crippen molar-refractivity contribution in [2.24, 2.45) is 5.73 Å². The minimum Gasteiger partial charge on any atom is -0.354 e. The fraction of sp³-hybridized carbons (Fsp3) is 0.833. The summed E-state index contributed by atoms with van der Waals surface area (Å²) in [6.45, 7) is 2.84. The van der Waals surface area contributed by atoms with Crippen LogP contribution in [0.25, 0.3) is 0 Å². The standard InChI is InChI=1S/C12H22N4S/c1-2-6-10-14-11(17-16-10)15-12(9-13)7-4-3-5-8-12/h2-9,13H2,1H3,(H,14,15,16). The first-order chi connectivity index (χ1) is 8.28. The Balaban J connectivity index is 2.01. The zero-order valence-electron chi connectivity index (χ0n) is 10.5. The number of aromatic nitrogens is 2. The van der Waals surface area contributed by atoms with Gasteiger partial charge in [-0.3, -0.25) is 0 Å². The predicted octanol–water partition coefficient (Wildman–Crippen LogP) is 2.56. The van der Waals surface area contributed by atoms with E-state index in [0.29, 0.717) is 6.54 Å². The third-order valence-electron chi connectivity index (χ3n) is 3.52. The number of nitrogens with one attached hydrogen (secondary N) is 1. The van der Waals surface area contributed by atoms with Crippen molar-refractivity contribution in [2.75, 3.05) is 11.9 Å². The molecule has 0 aliphatic heterocycles. The fourth-order valence-electron chi connectivity index (χ4n) is 2.47. The predicted molar refractivity (Wildman–Crippen MR) is 72.4 cm³/mol. The van der Waals surface area contributed by atoms with Gasteiger partial charge in [-0.2, -0.15) is 4.37 Å². The van der Waals surface area contributed by atoms with Gasteiger partial charge in [0.25, 0.3) is 0 Å². The first-order valence-electron chi connectivity index (χ1n) is 6.59. The second-order valence-electron chi connectivity index (χ2n) is 4.94. The molecule has 1 saturated carbocycles. The molecule has 4 nitrogen and oxygen atoms in total. The summed E-state index contributed by atoms with van der Waals surface area (Å²) in [5, 5.41) is 4.49. The highest BCUT2D eigenvalue weighted by Crippen LogP contribution is 2.31. The van der Waals surface area contributed by atoms with E-state index in [2.05, 4.69) is 21.6 Å². The van der Waals surface area contributed by atoms with Crippen molar-refractivity contribution in [3.8, 4) is 0 Å². The Morgan fingerprint density at radius 2 is 2.12 bits per heavy atom. The lowest BCUT2D eigenvalue weighted by Crippen LogP contribution is -2.46. The lowest BCUT2D eigenvalue weighted by atomic mass is 9.82. The average molecular weight is 254 g/mol. The lowest BCUT2D eigenvalue weighted by molar-refractivity contribution is 0.331. The minimum absolute atomic E-state index is 0.0707. The lowest BCUT2D eigenvalue weighted by Gasteiger charge is -2.36. The van der Waals surface area contributed by atoms with Crippen molar-refractivity contribution in [2.45, 2.75) is 57.4 Å². The number of nitrogens with zero attached hydrogens (tertiary/aromatic N) is 2. The zero-order chi connectivity index (χ0) is 12.1. The van der Waals surface area contributed by atoms with Crippen LogP contribution in [0.2, 0.25) is 0 Å². The molecule has 1 aromatic heterocycles. The van der Waals surface area contributed by atoms with Gasteiger partial charge >= 0.3 is 0 Å². The molecule has 1 aliphatic rings. The summed E-state index contributed by atoms with van der Waals surface area (Å²) in [5.41, 5.74) is 6.02. The van der Waals surface area contributed by atoms with E-state index < -0.39 is 0 Å². The van der Waals surface area contributed by atoms with Crippen LogP contribution in [-0.4, -0.2) is 21.4 Å². The van der Waals surface area contributed by atoms with Crippen molar-refractivity contribution < 1.29 is 0 Å². The topological polar surface area (TPSA) is 63.8 Å². The van der Waals surface area contributed by atoms with Crippen LogP contribution >= 0.6 is 11.5 Å². The first kappa shape index (κ1) is 12.8. The number of aryl methyl sites for hydroxylation is 1. The highest BCUT2D eigenvalue weighted by molar-refractivity contribution is 7.09. The fourth-order valence-corrected chi connectivity index (χ4v) is 3.20. The van der Waals surface area contributed by atoms with E-state index in [0.717, 1.165) is 36.6 Å². The van der Waals surface area contributed by atoms with E-state index in [1.807, 2.05) is 0 Å². The Labute approximate surface area is 107 Å². The Morgan fingerprint density at radius 1 is 1.35 bits per heavy atom. The summed E-state index contributed by atoms with van der Waals surface area (Å²) >= 11 is 1.47. The smallest absolute Gasteiger partial charge is 0.203 e. The van der Waals surface area contributed by atoms with Crippen molar-refractivity contribution in [1.29, 1.82) is 0 Å². The number of hydrogen-bond donors (Lipinski definition) is 2. The van der Waals surface area contributed by atoms with Crippen LogP contribution in [0, 0.1) is 0 Å². The number of nitrogens with two attached hydrogens (primary N) is 1. The molecule has 0 bridgehead atoms. The Kier molecular flexibility index (Phi) is 4.34. The summed E-state index contributed by atoms with van der Waals surface area (Å²) in [6.07, 6.45) is 8.25. The van der Waals surface area contributed by atoms with Crippen molar-refractivity contribution in [1.82, 2.24) is 9.36 Å². The number of rotatable bonds is 5. The van der Waals surface area contributed by atoms with Gasteiger partial charge in [-0.05, 0) is 19.3 Å². The molecule has 5 heteroatoms. The maximum Gasteiger partial charge on any atom is 0.203 e. The van der Waals surface area contributed by atoms with Gasteiger partial charge in [-0.25, -0.2) is 4.98 Å². The Morgan fingerprint density at radius 3 is 2.76 bits per heavy atom. The SMILES string of the molecule is CCCc1nsc(NC2(CN)CCCCC2)n1. The second kappa shape index (κ2) is 5.78. The van der Waals surface area contributed by atoms with Gasteiger partial charge in [0.15, 0.2) is 0 Å². The van der Waals surface area contributed by atoms with Crippen LogP contribution in [-0.2, 0) is 6.42 Å². The largest absolute Gasteiger partial charge is 0.354 e. The van der Waals surface area contributed by atoms with Crippen LogP contribution < -0.4 is 11.1 Å². The van der Waals surface area contributed by atoms with Gasteiger partial charge in [0.05, 0.1) is 5.54 Å². The molecule has 96 valence electrons. The molecule has 1 aromatic rings. The molecule has 1 aliphatic carbocycles. The molecule has 1 heterocycles. The molecule has 2 rings (SSSR count). The van der Waals surface area contributed by atoms with Gasteiger partial charge in [-0.15, -0.1) is 0 Å². The van der Waals surface area contributed by atoms with Gasteiger partial charge < -0.3 is 11.1 Å². The van der Waals surface area contributed by atoms with Gasteiger partial charge in [0.1, 0.15) is 5.82 Å². The normalized spacial score (nSPS) is 19.2. The maximum atomic E-state index is 5.95. The van der Waals surface area contributed by atoms with E-state index >= 15 is 0 Å². The first-order valence-corrected chi connectivity index (χ1v) is 7.36. The van der Waals surface area contributed by atoms with Gasteiger partial charge in [-0.1, -0.05) is 26.2 Å². The van der Waals surface area contributed by atoms with Crippen molar-refractivity contribution in [3.63, 3.8) is 0 Å². The summed E-state index contributed by atoms with van der Waals surface area (Å²) in [4.78, 5) is 4.53. The quantitative estimate of drug-likeness (QED) is 0.847. The summed E-state index contributed by atoms with van der Waals surface area (Å²) in [7, 11) is 0. The molecule has 0 unspecified atom stereocenters. The van der Waals surface area contributed by atoms with Crippen LogP contribution in [0.15, 0.2) is 0 Å². The van der Waals surface area contributed by atoms with Crippen molar-refractivity contribution >= 4 is 16.7 Å². The van der Waals surface area contributed by atoms with E-state index in [1.165, 1.54) is 30.8 Å². The molecule has 3 N–H and O–H groups in total. The van der Waals surface area contributed by atoms with E-state index in [-0.39, 0.29) is 5.54 Å². The number of hydrogen-bond acceptors (Lipinski definition) is 5. The van der Waals surface area contributed by atoms with Gasteiger partial charge in [0.2, 0.25) is 5.13 Å². The van der Waals surface area contributed by atoms with E-state index in [4.69, 9.17) is 5.73 Å². The molecular formula is C12H22N4S. The highest BCUT2D eigenvalue weighted by Gasteiger charge is 2.31. The van der Waals surface area contributed by atoms with Crippen LogP contribution in [0.4, 0.5) is 5.13 Å². The summed E-state index contributed by atoms with van der Waals surface area (Å²) < 4.78 is 4.36. The monoisotopic (exact) mass is 254 g/mol. The van der Waals surface area contributed by atoms with Crippen LogP contribution in [0.1, 0.15) is 51.3 Å². The molecule has 0 spiro atoms. The second-order valence-corrected chi connectivity index (χ2v) is 5.69. The van der Waals surface area contributed by atoms with Gasteiger partial charge in [0, 0.05) is 24.5 Å². The average Bonchev–Trinajstić information content (AvgIpc) is 2.78. The molecule has 0 aromatic carbocycles. The molecule has 0 atom stereocenters. The molecule has 0 saturated heterocycles. The molecule has 0 amide bonds. The Hall–Kier alpha value is -0.680.